The normalized spacial score (nSPS) is 19.2. The summed E-state index contributed by atoms with van der Waals surface area (Å²) in [5.74, 6) is -0.423. The minimum atomic E-state index is -0.976. The summed E-state index contributed by atoms with van der Waals surface area (Å²) >= 11 is 0. The zero-order valence-corrected chi connectivity index (χ0v) is 6.73. The van der Waals surface area contributed by atoms with Gasteiger partial charge in [-0.05, 0) is 11.6 Å². The molecule has 0 aliphatic carbocycles. The van der Waals surface area contributed by atoms with Gasteiger partial charge in [-0.25, -0.2) is 4.79 Å². The Morgan fingerprint density at radius 1 is 1.54 bits per heavy atom. The summed E-state index contributed by atoms with van der Waals surface area (Å²) in [7, 11) is 0. The maximum Gasteiger partial charge on any atom is 0.345 e. The average Bonchev–Trinajstić information content (AvgIpc) is 2.46. The molecule has 1 heterocycles. The highest BCUT2D eigenvalue weighted by atomic mass is 16.5. The highest BCUT2D eigenvalue weighted by molar-refractivity contribution is 5.74. The fourth-order valence-corrected chi connectivity index (χ4v) is 1.35. The number of carboxylic acids is 1. The molecule has 1 aromatic rings. The first-order chi connectivity index (χ1) is 6.16. The molecule has 1 aliphatic rings. The topological polar surface area (TPSA) is 66.8 Å². The smallest absolute Gasteiger partial charge is 0.345 e. The van der Waals surface area contributed by atoms with Crippen LogP contribution >= 0.6 is 0 Å². The van der Waals surface area contributed by atoms with Gasteiger partial charge in [-0.1, -0.05) is 6.07 Å². The van der Waals surface area contributed by atoms with Crippen molar-refractivity contribution in [2.24, 2.45) is 0 Å². The van der Waals surface area contributed by atoms with Crippen LogP contribution in [0.1, 0.15) is 5.56 Å². The Bertz CT molecular complexity index is 359. The molecule has 2 rings (SSSR count). The second-order valence-corrected chi connectivity index (χ2v) is 2.94. The predicted octanol–water partition coefficient (Wildman–Crippen LogP) is 0.780. The van der Waals surface area contributed by atoms with Gasteiger partial charge in [0.05, 0.1) is 0 Å². The van der Waals surface area contributed by atoms with E-state index in [4.69, 9.17) is 14.9 Å². The Hall–Kier alpha value is -1.71. The van der Waals surface area contributed by atoms with Gasteiger partial charge < -0.3 is 14.9 Å². The number of fused-ring (bicyclic) bond motifs is 1. The van der Waals surface area contributed by atoms with Crippen molar-refractivity contribution in [3.63, 3.8) is 0 Å². The Balaban J connectivity index is 2.30. The lowest BCUT2D eigenvalue weighted by atomic mass is 10.1. The molecule has 4 heteroatoms. The average molecular weight is 180 g/mol. The lowest BCUT2D eigenvalue weighted by Gasteiger charge is -2.03. The number of carbonyl (C=O) groups is 1. The summed E-state index contributed by atoms with van der Waals surface area (Å²) in [6.07, 6.45) is -0.443. The summed E-state index contributed by atoms with van der Waals surface area (Å²) in [6.45, 7) is 0. The van der Waals surface area contributed by atoms with Crippen LogP contribution in [0.4, 0.5) is 0 Å². The molecular formula is C9H8O4. The Kier molecular flexibility index (Phi) is 1.62. The number of hydrogen-bond donors (Lipinski definition) is 2. The van der Waals surface area contributed by atoms with Gasteiger partial charge in [0, 0.05) is 12.5 Å². The summed E-state index contributed by atoms with van der Waals surface area (Å²) in [6, 6.07) is 4.62. The van der Waals surface area contributed by atoms with Gasteiger partial charge >= 0.3 is 5.97 Å². The largest absolute Gasteiger partial charge is 0.508 e. The minimum absolute atomic E-state index is 0.0878. The first-order valence-corrected chi connectivity index (χ1v) is 3.88. The standard InChI is InChI=1S/C9H8O4/c10-6-2-1-5-3-8(9(11)12)13-7(5)4-6/h1-2,4,8,10H,3H2,(H,11,12). The van der Waals surface area contributed by atoms with E-state index >= 15 is 0 Å². The monoisotopic (exact) mass is 180 g/mol. The van der Waals surface area contributed by atoms with E-state index in [-0.39, 0.29) is 5.75 Å². The summed E-state index contributed by atoms with van der Waals surface area (Å²) < 4.78 is 5.09. The lowest BCUT2D eigenvalue weighted by Crippen LogP contribution is -2.24. The molecule has 4 nitrogen and oxygen atoms in total. The maximum atomic E-state index is 10.6. The number of hydrogen-bond acceptors (Lipinski definition) is 3. The van der Waals surface area contributed by atoms with E-state index in [1.165, 1.54) is 12.1 Å². The Morgan fingerprint density at radius 3 is 3.00 bits per heavy atom. The minimum Gasteiger partial charge on any atom is -0.508 e. The molecule has 0 spiro atoms. The molecule has 13 heavy (non-hydrogen) atoms. The fourth-order valence-electron chi connectivity index (χ4n) is 1.35. The zero-order chi connectivity index (χ0) is 9.42. The van der Waals surface area contributed by atoms with Crippen LogP contribution in [-0.2, 0) is 11.2 Å². The number of phenolic OH excluding ortho intramolecular Hbond substituents is 1. The summed E-state index contributed by atoms with van der Waals surface area (Å²) in [4.78, 5) is 10.6. The lowest BCUT2D eigenvalue weighted by molar-refractivity contribution is -0.144. The second-order valence-electron chi connectivity index (χ2n) is 2.94. The summed E-state index contributed by atoms with van der Waals surface area (Å²) in [5, 5.41) is 17.8. The van der Waals surface area contributed by atoms with Crippen molar-refractivity contribution < 1.29 is 19.7 Å². The summed E-state index contributed by atoms with van der Waals surface area (Å²) in [5.41, 5.74) is 0.824. The molecule has 0 amide bonds. The van der Waals surface area contributed by atoms with Crippen molar-refractivity contribution in [3.8, 4) is 11.5 Å². The molecular weight excluding hydrogens is 172 g/mol. The van der Waals surface area contributed by atoms with Crippen molar-refractivity contribution in [1.82, 2.24) is 0 Å². The molecule has 1 atom stereocenters. The van der Waals surface area contributed by atoms with E-state index in [1.54, 1.807) is 6.07 Å². The first kappa shape index (κ1) is 7.91. The van der Waals surface area contributed by atoms with Gasteiger partial charge in [0.1, 0.15) is 11.5 Å². The number of phenols is 1. The van der Waals surface area contributed by atoms with E-state index in [2.05, 4.69) is 0 Å². The number of aliphatic carboxylic acids is 1. The molecule has 0 bridgehead atoms. The van der Waals surface area contributed by atoms with Gasteiger partial charge in [0.15, 0.2) is 6.10 Å². The van der Waals surface area contributed by atoms with Crippen molar-refractivity contribution in [2.75, 3.05) is 0 Å². The van der Waals surface area contributed by atoms with Crippen LogP contribution in [0.15, 0.2) is 18.2 Å². The van der Waals surface area contributed by atoms with Crippen molar-refractivity contribution in [1.29, 1.82) is 0 Å². The third-order valence-corrected chi connectivity index (χ3v) is 2.00. The van der Waals surface area contributed by atoms with Crippen LogP contribution in [0.2, 0.25) is 0 Å². The van der Waals surface area contributed by atoms with Gasteiger partial charge in [0.25, 0.3) is 0 Å². The maximum absolute atomic E-state index is 10.6. The van der Waals surface area contributed by atoms with E-state index in [0.717, 1.165) is 5.56 Å². The van der Waals surface area contributed by atoms with Crippen LogP contribution in [0.5, 0.6) is 11.5 Å². The molecule has 0 aromatic heterocycles. The van der Waals surface area contributed by atoms with Crippen LogP contribution < -0.4 is 4.74 Å². The molecule has 0 fully saturated rings. The van der Waals surface area contributed by atoms with E-state index in [1.807, 2.05) is 0 Å². The second kappa shape index (κ2) is 2.65. The molecule has 1 aromatic carbocycles. The van der Waals surface area contributed by atoms with Crippen molar-refractivity contribution in [2.45, 2.75) is 12.5 Å². The molecule has 0 radical (unpaired) electrons. The highest BCUT2D eigenvalue weighted by Gasteiger charge is 2.28. The van der Waals surface area contributed by atoms with Gasteiger partial charge in [-0.2, -0.15) is 0 Å². The van der Waals surface area contributed by atoms with Gasteiger partial charge in [-0.15, -0.1) is 0 Å². The molecule has 1 unspecified atom stereocenters. The third kappa shape index (κ3) is 1.30. The first-order valence-electron chi connectivity index (χ1n) is 3.88. The van der Waals surface area contributed by atoms with Crippen LogP contribution in [-0.4, -0.2) is 22.3 Å². The fraction of sp³-hybridized carbons (Fsp3) is 0.222. The van der Waals surface area contributed by atoms with Gasteiger partial charge in [0.2, 0.25) is 0 Å². The van der Waals surface area contributed by atoms with Gasteiger partial charge in [-0.3, -0.25) is 0 Å². The number of rotatable bonds is 1. The Labute approximate surface area is 74.4 Å². The SMILES string of the molecule is O=C(O)C1Cc2ccc(O)cc2O1. The van der Waals surface area contributed by atoms with E-state index in [9.17, 15) is 4.79 Å². The number of carboxylic acid groups (broad SMARTS) is 1. The van der Waals surface area contributed by atoms with E-state index < -0.39 is 12.1 Å². The van der Waals surface area contributed by atoms with Crippen molar-refractivity contribution in [3.05, 3.63) is 23.8 Å². The molecule has 2 N–H and O–H groups in total. The molecule has 0 saturated heterocycles. The molecule has 68 valence electrons. The predicted molar refractivity (Wildman–Crippen MR) is 43.9 cm³/mol. The van der Waals surface area contributed by atoms with Crippen LogP contribution in [0, 0.1) is 0 Å². The quantitative estimate of drug-likeness (QED) is 0.670. The molecule has 1 aliphatic heterocycles. The third-order valence-electron chi connectivity index (χ3n) is 2.00. The number of ether oxygens (including phenoxy) is 1. The highest BCUT2D eigenvalue weighted by Crippen LogP contribution is 2.31. The van der Waals surface area contributed by atoms with E-state index in [0.29, 0.717) is 12.2 Å². The number of aromatic hydroxyl groups is 1. The molecule has 0 saturated carbocycles. The van der Waals surface area contributed by atoms with Crippen LogP contribution in [0.3, 0.4) is 0 Å². The number of benzene rings is 1. The Morgan fingerprint density at radius 2 is 2.31 bits per heavy atom. The zero-order valence-electron chi connectivity index (χ0n) is 6.73. The van der Waals surface area contributed by atoms with Crippen molar-refractivity contribution >= 4 is 5.97 Å². The van der Waals surface area contributed by atoms with Crippen LogP contribution in [0.25, 0.3) is 0 Å².